The van der Waals surface area contributed by atoms with E-state index in [2.05, 4.69) is 21.1 Å². The molecule has 2 unspecified atom stereocenters. The number of benzene rings is 3. The average molecular weight is 658 g/mol. The molecule has 4 aliphatic rings. The van der Waals surface area contributed by atoms with Gasteiger partial charge in [0.15, 0.2) is 5.82 Å². The van der Waals surface area contributed by atoms with Crippen molar-refractivity contribution in [3.05, 3.63) is 53.3 Å². The lowest BCUT2D eigenvalue weighted by molar-refractivity contribution is -0.0132. The first-order valence-electron chi connectivity index (χ1n) is 16.1. The van der Waals surface area contributed by atoms with Crippen molar-refractivity contribution >= 4 is 38.5 Å². The summed E-state index contributed by atoms with van der Waals surface area (Å²) in [6, 6.07) is 7.55. The van der Waals surface area contributed by atoms with Crippen LogP contribution in [-0.2, 0) is 0 Å². The highest BCUT2D eigenvalue weighted by Gasteiger charge is 2.60. The number of fused-ring (bicyclic) bond motifs is 7. The van der Waals surface area contributed by atoms with Crippen LogP contribution in [0.4, 0.5) is 23.4 Å². The molecule has 0 amide bonds. The Morgan fingerprint density at radius 3 is 2.62 bits per heavy atom. The molecule has 4 fully saturated rings. The summed E-state index contributed by atoms with van der Waals surface area (Å²) in [5, 5.41) is 15.9. The topological polar surface area (TPSA) is 86.9 Å². The van der Waals surface area contributed by atoms with Crippen molar-refractivity contribution in [2.24, 2.45) is 0 Å². The van der Waals surface area contributed by atoms with E-state index in [0.717, 1.165) is 12.8 Å². The molecule has 8 nitrogen and oxygen atoms in total. The van der Waals surface area contributed by atoms with E-state index in [1.807, 2.05) is 0 Å². The number of phenolic OH excluding ortho intramolecular Hbond substituents is 1. The number of aryl methyl sites for hydroxylation is 1. The number of furan rings is 1. The number of nitrogens with zero attached hydrogens (tertiary/aromatic N) is 4. The number of nitrogens with one attached hydrogen (secondary N) is 1. The summed E-state index contributed by atoms with van der Waals surface area (Å²) in [5.41, 5.74) is -0.731. The first-order valence-corrected chi connectivity index (χ1v) is 16.1. The van der Waals surface area contributed by atoms with Crippen LogP contribution in [0, 0.1) is 30.9 Å². The van der Waals surface area contributed by atoms with Gasteiger partial charge in [-0.15, -0.1) is 6.42 Å². The van der Waals surface area contributed by atoms with Crippen LogP contribution in [0.15, 0.2) is 34.7 Å². The third kappa shape index (κ3) is 4.37. The van der Waals surface area contributed by atoms with Crippen molar-refractivity contribution in [3.63, 3.8) is 0 Å². The Kier molecular flexibility index (Phi) is 6.28. The van der Waals surface area contributed by atoms with Gasteiger partial charge in [0.1, 0.15) is 40.9 Å². The van der Waals surface area contributed by atoms with Gasteiger partial charge < -0.3 is 24.5 Å². The average Bonchev–Trinajstić information content (AvgIpc) is 3.65. The van der Waals surface area contributed by atoms with Crippen molar-refractivity contribution in [2.75, 3.05) is 37.7 Å². The molecule has 4 aliphatic heterocycles. The maximum absolute atomic E-state index is 17.4. The van der Waals surface area contributed by atoms with Crippen LogP contribution in [0.1, 0.15) is 37.0 Å². The van der Waals surface area contributed by atoms with Crippen LogP contribution in [0.2, 0.25) is 0 Å². The quantitative estimate of drug-likeness (QED) is 0.169. The van der Waals surface area contributed by atoms with E-state index in [-0.39, 0.29) is 76.6 Å². The van der Waals surface area contributed by atoms with E-state index in [1.165, 1.54) is 24.3 Å². The molecule has 4 saturated heterocycles. The molecule has 9 rings (SSSR count). The maximum atomic E-state index is 17.4. The van der Waals surface area contributed by atoms with Crippen LogP contribution in [0.25, 0.3) is 43.8 Å². The molecule has 0 spiro atoms. The van der Waals surface area contributed by atoms with E-state index < -0.39 is 23.1 Å². The number of hydrogen-bond acceptors (Lipinski definition) is 8. The highest BCUT2D eigenvalue weighted by molar-refractivity contribution is 6.18. The zero-order valence-corrected chi connectivity index (χ0v) is 26.0. The first-order chi connectivity index (χ1) is 23.0. The van der Waals surface area contributed by atoms with Crippen molar-refractivity contribution in [3.8, 4) is 35.2 Å². The van der Waals surface area contributed by atoms with Crippen LogP contribution >= 0.6 is 0 Å². The predicted octanol–water partition coefficient (Wildman–Crippen LogP) is 6.27. The summed E-state index contributed by atoms with van der Waals surface area (Å²) < 4.78 is 73.6. The number of halogens is 4. The number of piperazine rings is 1. The minimum Gasteiger partial charge on any atom is -0.508 e. The molecule has 0 saturated carbocycles. The molecule has 12 heteroatoms. The minimum atomic E-state index is -2.82. The molecule has 2 N–H and O–H groups in total. The van der Waals surface area contributed by atoms with Gasteiger partial charge in [-0.3, -0.25) is 4.90 Å². The second-order valence-electron chi connectivity index (χ2n) is 13.8. The minimum absolute atomic E-state index is 0.0521. The van der Waals surface area contributed by atoms with Gasteiger partial charge in [0.2, 0.25) is 0 Å². The zero-order valence-electron chi connectivity index (χ0n) is 26.0. The molecular weight excluding hydrogens is 626 g/mol. The van der Waals surface area contributed by atoms with Gasteiger partial charge in [0.25, 0.3) is 5.92 Å². The zero-order chi connectivity index (χ0) is 33.1. The van der Waals surface area contributed by atoms with Gasteiger partial charge >= 0.3 is 6.01 Å². The van der Waals surface area contributed by atoms with E-state index >= 15 is 8.78 Å². The van der Waals surface area contributed by atoms with Crippen LogP contribution in [-0.4, -0.2) is 76.3 Å². The fraction of sp³-hybridized carbons (Fsp3) is 0.389. The van der Waals surface area contributed by atoms with Gasteiger partial charge in [0.05, 0.1) is 28.6 Å². The number of aromatic hydroxyl groups is 1. The number of rotatable bonds is 5. The van der Waals surface area contributed by atoms with Crippen molar-refractivity contribution in [1.82, 2.24) is 20.2 Å². The van der Waals surface area contributed by atoms with Crippen molar-refractivity contribution in [1.29, 1.82) is 0 Å². The lowest BCUT2D eigenvalue weighted by atomic mass is 9.85. The van der Waals surface area contributed by atoms with Gasteiger partial charge in [0, 0.05) is 54.5 Å². The fourth-order valence-corrected chi connectivity index (χ4v) is 8.47. The Hall–Kier alpha value is -4.60. The summed E-state index contributed by atoms with van der Waals surface area (Å²) >= 11 is 0. The standard InChI is InChI=1S/C36H31F4N5O3/c1-3-23-26(37)7-4-19-11-22(46)12-24(27(19)23)28-30(38)31-29(25-10-18(2)48-32(25)28)33(44-13-20-5-6-21(14-44)41-20)43-34(42-31)47-17-35-8-9-45(35)16-36(39,40)15-35/h1,4,7,10-12,20-21,41,46H,5-6,8-9,13-17H2,2H3/t20?,21?,35-/m0/s1. The van der Waals surface area contributed by atoms with E-state index in [1.54, 1.807) is 17.9 Å². The molecule has 0 radical (unpaired) electrons. The Labute approximate surface area is 272 Å². The van der Waals surface area contributed by atoms with Gasteiger partial charge in [-0.05, 0) is 55.8 Å². The first kappa shape index (κ1) is 29.5. The van der Waals surface area contributed by atoms with Crippen LogP contribution < -0.4 is 15.0 Å². The molecule has 48 heavy (non-hydrogen) atoms. The van der Waals surface area contributed by atoms with Crippen molar-refractivity contribution in [2.45, 2.75) is 56.2 Å². The monoisotopic (exact) mass is 657 g/mol. The lowest BCUT2D eigenvalue weighted by Crippen LogP contribution is -2.59. The SMILES string of the molecule is C#Cc1c(F)ccc2cc(O)cc(-c3c(F)c4nc(OC[C@@]56CCN5CC(F)(F)C6)nc(N5CC6CCC(C5)N6)c4c4cc(C)oc34)c12. The number of phenols is 1. The molecule has 3 aromatic carbocycles. The number of anilines is 1. The maximum Gasteiger partial charge on any atom is 0.319 e. The van der Waals surface area contributed by atoms with Gasteiger partial charge in [-0.25, -0.2) is 17.6 Å². The lowest BCUT2D eigenvalue weighted by Gasteiger charge is -2.46. The smallest absolute Gasteiger partial charge is 0.319 e. The summed E-state index contributed by atoms with van der Waals surface area (Å²) in [5.74, 6) is -1.12. The molecule has 3 atom stereocenters. The van der Waals surface area contributed by atoms with Gasteiger partial charge in [-0.1, -0.05) is 12.0 Å². The molecular formula is C36H31F4N5O3. The van der Waals surface area contributed by atoms with E-state index in [9.17, 15) is 13.9 Å². The summed E-state index contributed by atoms with van der Waals surface area (Å²) in [6.45, 7) is 3.15. The number of aromatic nitrogens is 2. The van der Waals surface area contributed by atoms with Crippen LogP contribution in [0.3, 0.4) is 0 Å². The number of ether oxygens (including phenoxy) is 1. The number of terminal acetylenes is 1. The third-order valence-electron chi connectivity index (χ3n) is 10.6. The fourth-order valence-electron chi connectivity index (χ4n) is 8.47. The molecule has 246 valence electrons. The normalized spacial score (nSPS) is 24.7. The summed E-state index contributed by atoms with van der Waals surface area (Å²) in [6.07, 6.45) is 7.98. The van der Waals surface area contributed by atoms with E-state index in [4.69, 9.17) is 20.6 Å². The second kappa shape index (κ2) is 10.2. The molecule has 2 bridgehead atoms. The summed E-state index contributed by atoms with van der Waals surface area (Å²) in [4.78, 5) is 13.3. The highest BCUT2D eigenvalue weighted by atomic mass is 19.3. The van der Waals surface area contributed by atoms with E-state index in [0.29, 0.717) is 53.8 Å². The Bertz CT molecular complexity index is 2220. The molecule has 2 aromatic heterocycles. The Morgan fingerprint density at radius 2 is 1.92 bits per heavy atom. The molecule has 0 aliphatic carbocycles. The molecule has 5 aromatic rings. The Morgan fingerprint density at radius 1 is 1.12 bits per heavy atom. The number of alkyl halides is 2. The molecule has 6 heterocycles. The van der Waals surface area contributed by atoms with Crippen LogP contribution in [0.5, 0.6) is 11.8 Å². The van der Waals surface area contributed by atoms with Crippen molar-refractivity contribution < 1.29 is 31.8 Å². The largest absolute Gasteiger partial charge is 0.508 e. The van der Waals surface area contributed by atoms with Gasteiger partial charge in [-0.2, -0.15) is 9.97 Å². The summed E-state index contributed by atoms with van der Waals surface area (Å²) in [7, 11) is 0. The second-order valence-corrected chi connectivity index (χ2v) is 13.8. The highest BCUT2D eigenvalue weighted by Crippen LogP contribution is 2.49. The third-order valence-corrected chi connectivity index (χ3v) is 10.6. The number of hydrogen-bond donors (Lipinski definition) is 2. The predicted molar refractivity (Wildman–Crippen MR) is 173 cm³/mol. The Balaban J connectivity index is 1.29.